The summed E-state index contributed by atoms with van der Waals surface area (Å²) in [5, 5.41) is 8.82. The highest BCUT2D eigenvalue weighted by atomic mass is 16.5. The van der Waals surface area contributed by atoms with E-state index in [1.165, 1.54) is 6.07 Å². The Labute approximate surface area is 166 Å². The number of carbonyl (C=O) groups excluding carboxylic acids is 3. The Morgan fingerprint density at radius 2 is 1.55 bits per heavy atom. The smallest absolute Gasteiger partial charge is 0.338 e. The molecule has 1 heterocycles. The first kappa shape index (κ1) is 18.1. The molecule has 29 heavy (non-hydrogen) atoms. The molecule has 0 fully saturated rings. The Morgan fingerprint density at radius 1 is 0.897 bits per heavy atom. The second kappa shape index (κ2) is 7.41. The van der Waals surface area contributed by atoms with Gasteiger partial charge in [0.1, 0.15) is 6.61 Å². The minimum absolute atomic E-state index is 0.0434. The summed E-state index contributed by atoms with van der Waals surface area (Å²) in [6, 6.07) is 21.5. The van der Waals surface area contributed by atoms with Crippen molar-refractivity contribution in [3.8, 4) is 6.07 Å². The van der Waals surface area contributed by atoms with Crippen LogP contribution < -0.4 is 4.90 Å². The number of amides is 2. The molecule has 0 unspecified atom stereocenters. The van der Waals surface area contributed by atoms with E-state index in [4.69, 9.17) is 10.00 Å². The largest absolute Gasteiger partial charge is 0.457 e. The molecule has 0 aromatic heterocycles. The van der Waals surface area contributed by atoms with Gasteiger partial charge in [-0.05, 0) is 48.0 Å². The number of imide groups is 1. The Morgan fingerprint density at radius 3 is 2.17 bits per heavy atom. The number of ether oxygens (including phenoxy) is 1. The van der Waals surface area contributed by atoms with Gasteiger partial charge in [-0.15, -0.1) is 0 Å². The van der Waals surface area contributed by atoms with E-state index in [-0.39, 0.29) is 12.2 Å². The average molecular weight is 382 g/mol. The van der Waals surface area contributed by atoms with Crippen LogP contribution in [0.1, 0.15) is 42.2 Å². The van der Waals surface area contributed by atoms with Gasteiger partial charge in [0.05, 0.1) is 34.0 Å². The number of hydrogen-bond acceptors (Lipinski definition) is 5. The van der Waals surface area contributed by atoms with Crippen LogP contribution in [-0.4, -0.2) is 17.8 Å². The molecule has 0 radical (unpaired) electrons. The van der Waals surface area contributed by atoms with Crippen LogP contribution in [0.2, 0.25) is 0 Å². The van der Waals surface area contributed by atoms with Crippen LogP contribution in [-0.2, 0) is 11.3 Å². The minimum Gasteiger partial charge on any atom is -0.457 e. The van der Waals surface area contributed by atoms with Gasteiger partial charge in [-0.2, -0.15) is 5.26 Å². The van der Waals surface area contributed by atoms with E-state index >= 15 is 0 Å². The lowest BCUT2D eigenvalue weighted by atomic mass is 10.1. The zero-order valence-electron chi connectivity index (χ0n) is 15.2. The predicted octanol–water partition coefficient (Wildman–Crippen LogP) is 3.72. The SMILES string of the molecule is N#Cc1ccc(COC(=O)c2cccc(N3C(=O)c4ccccc4C3=O)c2)cc1. The molecule has 6 heteroatoms. The second-order valence-corrected chi connectivity index (χ2v) is 6.43. The highest BCUT2D eigenvalue weighted by Crippen LogP contribution is 2.28. The lowest BCUT2D eigenvalue weighted by Gasteiger charge is -2.15. The van der Waals surface area contributed by atoms with Crippen LogP contribution in [0.4, 0.5) is 5.69 Å². The zero-order chi connectivity index (χ0) is 20.4. The molecule has 1 aliphatic heterocycles. The lowest BCUT2D eigenvalue weighted by molar-refractivity contribution is 0.0472. The van der Waals surface area contributed by atoms with Crippen molar-refractivity contribution in [3.05, 3.63) is 101 Å². The maximum Gasteiger partial charge on any atom is 0.338 e. The molecule has 1 aliphatic rings. The fourth-order valence-corrected chi connectivity index (χ4v) is 3.10. The molecule has 4 rings (SSSR count). The zero-order valence-corrected chi connectivity index (χ0v) is 15.2. The summed E-state index contributed by atoms with van der Waals surface area (Å²) >= 11 is 0. The Bertz CT molecular complexity index is 1140. The normalized spacial score (nSPS) is 12.4. The van der Waals surface area contributed by atoms with E-state index in [1.807, 2.05) is 6.07 Å². The Kier molecular flexibility index (Phi) is 4.63. The molecule has 0 spiro atoms. The van der Waals surface area contributed by atoms with Gasteiger partial charge in [0.2, 0.25) is 0 Å². The van der Waals surface area contributed by atoms with Crippen molar-refractivity contribution in [2.75, 3.05) is 4.90 Å². The van der Waals surface area contributed by atoms with Crippen LogP contribution in [0.5, 0.6) is 0 Å². The van der Waals surface area contributed by atoms with Gasteiger partial charge in [0, 0.05) is 0 Å². The van der Waals surface area contributed by atoms with E-state index in [1.54, 1.807) is 66.7 Å². The second-order valence-electron chi connectivity index (χ2n) is 6.43. The number of nitrogens with zero attached hydrogens (tertiary/aromatic N) is 2. The van der Waals surface area contributed by atoms with Crippen molar-refractivity contribution < 1.29 is 19.1 Å². The molecule has 6 nitrogen and oxygen atoms in total. The van der Waals surface area contributed by atoms with E-state index < -0.39 is 17.8 Å². The molecule has 0 saturated carbocycles. The van der Waals surface area contributed by atoms with E-state index in [0.29, 0.717) is 22.4 Å². The summed E-state index contributed by atoms with van der Waals surface area (Å²) in [5.74, 6) is -1.42. The summed E-state index contributed by atoms with van der Waals surface area (Å²) in [5.41, 5.74) is 2.48. The van der Waals surface area contributed by atoms with Gasteiger partial charge < -0.3 is 4.74 Å². The Hall–Kier alpha value is -4.24. The number of nitriles is 1. The standard InChI is InChI=1S/C23H14N2O4/c24-13-15-8-10-16(11-9-15)14-29-23(28)17-4-3-5-18(12-17)25-21(26)19-6-1-2-7-20(19)22(25)27/h1-12H,14H2. The topological polar surface area (TPSA) is 87.5 Å². The van der Waals surface area contributed by atoms with Crippen molar-refractivity contribution in [2.45, 2.75) is 6.61 Å². The number of carbonyl (C=O) groups is 3. The molecule has 0 atom stereocenters. The number of anilines is 1. The monoisotopic (exact) mass is 382 g/mol. The van der Waals surface area contributed by atoms with Crippen LogP contribution >= 0.6 is 0 Å². The van der Waals surface area contributed by atoms with Crippen LogP contribution in [0.15, 0.2) is 72.8 Å². The summed E-state index contributed by atoms with van der Waals surface area (Å²) in [4.78, 5) is 38.7. The van der Waals surface area contributed by atoms with Crippen molar-refractivity contribution in [1.82, 2.24) is 0 Å². The third kappa shape index (κ3) is 3.37. The lowest BCUT2D eigenvalue weighted by Crippen LogP contribution is -2.29. The predicted molar refractivity (Wildman–Crippen MR) is 104 cm³/mol. The quantitative estimate of drug-likeness (QED) is 0.507. The van der Waals surface area contributed by atoms with Crippen molar-refractivity contribution in [3.63, 3.8) is 0 Å². The number of fused-ring (bicyclic) bond motifs is 1. The molecule has 2 amide bonds. The molecule has 0 N–H and O–H groups in total. The number of benzene rings is 3. The average Bonchev–Trinajstić information content (AvgIpc) is 3.03. The van der Waals surface area contributed by atoms with Gasteiger partial charge in [-0.3, -0.25) is 9.59 Å². The molecule has 3 aromatic carbocycles. The number of esters is 1. The summed E-state index contributed by atoms with van der Waals surface area (Å²) < 4.78 is 5.31. The van der Waals surface area contributed by atoms with Gasteiger partial charge >= 0.3 is 5.97 Å². The molecule has 0 saturated heterocycles. The Balaban J connectivity index is 1.51. The van der Waals surface area contributed by atoms with E-state index in [0.717, 1.165) is 10.5 Å². The van der Waals surface area contributed by atoms with E-state index in [2.05, 4.69) is 0 Å². The first-order valence-corrected chi connectivity index (χ1v) is 8.82. The fraction of sp³-hybridized carbons (Fsp3) is 0.0435. The van der Waals surface area contributed by atoms with Crippen molar-refractivity contribution >= 4 is 23.5 Å². The molecular formula is C23H14N2O4. The molecule has 0 bridgehead atoms. The van der Waals surface area contributed by atoms with Gasteiger partial charge in [-0.1, -0.05) is 30.3 Å². The first-order valence-electron chi connectivity index (χ1n) is 8.82. The molecule has 140 valence electrons. The summed E-state index contributed by atoms with van der Waals surface area (Å²) in [6.07, 6.45) is 0. The summed E-state index contributed by atoms with van der Waals surface area (Å²) in [6.45, 7) is 0.0434. The van der Waals surface area contributed by atoms with Crippen molar-refractivity contribution in [1.29, 1.82) is 5.26 Å². The molecule has 3 aromatic rings. The first-order chi connectivity index (χ1) is 14.1. The molecule has 0 aliphatic carbocycles. The van der Waals surface area contributed by atoms with Gasteiger partial charge in [-0.25, -0.2) is 9.69 Å². The highest BCUT2D eigenvalue weighted by Gasteiger charge is 2.36. The van der Waals surface area contributed by atoms with Crippen molar-refractivity contribution in [2.24, 2.45) is 0 Å². The van der Waals surface area contributed by atoms with Crippen LogP contribution in [0.25, 0.3) is 0 Å². The third-order valence-corrected chi connectivity index (χ3v) is 4.59. The fourth-order valence-electron chi connectivity index (χ4n) is 3.10. The maximum absolute atomic E-state index is 12.6. The number of rotatable bonds is 4. The molecular weight excluding hydrogens is 368 g/mol. The van der Waals surface area contributed by atoms with E-state index in [9.17, 15) is 14.4 Å². The van der Waals surface area contributed by atoms with Gasteiger partial charge in [0.15, 0.2) is 0 Å². The maximum atomic E-state index is 12.6. The minimum atomic E-state index is -0.576. The van der Waals surface area contributed by atoms with Crippen LogP contribution in [0, 0.1) is 11.3 Å². The van der Waals surface area contributed by atoms with Gasteiger partial charge in [0.25, 0.3) is 11.8 Å². The summed E-state index contributed by atoms with van der Waals surface area (Å²) in [7, 11) is 0. The number of hydrogen-bond donors (Lipinski definition) is 0. The van der Waals surface area contributed by atoms with Crippen LogP contribution in [0.3, 0.4) is 0 Å². The highest BCUT2D eigenvalue weighted by molar-refractivity contribution is 6.34. The third-order valence-electron chi connectivity index (χ3n) is 4.59.